The van der Waals surface area contributed by atoms with Crippen molar-refractivity contribution in [3.05, 3.63) is 29.8 Å². The maximum Gasteiger partial charge on any atom is 0.315 e. The molecule has 8 nitrogen and oxygen atoms in total. The molecule has 0 radical (unpaired) electrons. The predicted molar refractivity (Wildman–Crippen MR) is 104 cm³/mol. The average Bonchev–Trinajstić information content (AvgIpc) is 3.16. The number of unbranched alkanes of at least 4 members (excludes halogenated alkanes) is 1. The van der Waals surface area contributed by atoms with Gasteiger partial charge in [0.15, 0.2) is 0 Å². The summed E-state index contributed by atoms with van der Waals surface area (Å²) in [5, 5.41) is 14.2. The highest BCUT2D eigenvalue weighted by molar-refractivity contribution is 8.00. The lowest BCUT2D eigenvalue weighted by molar-refractivity contribution is -0.121. The lowest BCUT2D eigenvalue weighted by atomic mass is 10.0. The molecule has 10 heteroatoms. The van der Waals surface area contributed by atoms with Gasteiger partial charge in [0.2, 0.25) is 15.9 Å². The molecule has 2 aliphatic heterocycles. The van der Waals surface area contributed by atoms with Crippen molar-refractivity contribution in [1.82, 2.24) is 16.0 Å². The fraction of sp³-hybridized carbons (Fsp3) is 0.529. The van der Waals surface area contributed by atoms with Crippen LogP contribution in [0.5, 0.6) is 0 Å². The summed E-state index contributed by atoms with van der Waals surface area (Å²) in [6, 6.07) is 6.50. The number of carbonyl (C=O) groups excluding carboxylic acids is 2. The van der Waals surface area contributed by atoms with E-state index in [0.717, 1.165) is 30.6 Å². The van der Waals surface area contributed by atoms with E-state index in [1.54, 1.807) is 12.1 Å². The van der Waals surface area contributed by atoms with Gasteiger partial charge in [-0.05, 0) is 30.5 Å². The van der Waals surface area contributed by atoms with Crippen molar-refractivity contribution in [3.63, 3.8) is 0 Å². The second kappa shape index (κ2) is 8.49. The van der Waals surface area contributed by atoms with Crippen molar-refractivity contribution in [2.75, 3.05) is 5.75 Å². The minimum absolute atomic E-state index is 0.0293. The van der Waals surface area contributed by atoms with Crippen LogP contribution in [0.15, 0.2) is 29.2 Å². The summed E-state index contributed by atoms with van der Waals surface area (Å²) in [7, 11) is -3.70. The van der Waals surface area contributed by atoms with Crippen LogP contribution in [0.25, 0.3) is 0 Å². The van der Waals surface area contributed by atoms with E-state index >= 15 is 0 Å². The van der Waals surface area contributed by atoms with Crippen LogP contribution in [0.4, 0.5) is 4.79 Å². The molecule has 3 atom stereocenters. The number of benzene rings is 1. The smallest absolute Gasteiger partial charge is 0.315 e. The van der Waals surface area contributed by atoms with Crippen LogP contribution in [-0.4, -0.2) is 43.4 Å². The van der Waals surface area contributed by atoms with E-state index in [9.17, 15) is 18.0 Å². The summed E-state index contributed by atoms with van der Waals surface area (Å²) in [6.45, 7) is 0.351. The van der Waals surface area contributed by atoms with Crippen LogP contribution in [0.3, 0.4) is 0 Å². The quantitative estimate of drug-likeness (QED) is 0.368. The van der Waals surface area contributed by atoms with Gasteiger partial charge in [-0.3, -0.25) is 4.79 Å². The Hall–Kier alpha value is -1.78. The molecule has 2 saturated heterocycles. The summed E-state index contributed by atoms with van der Waals surface area (Å²) in [5.41, 5.74) is 0.814. The van der Waals surface area contributed by atoms with Crippen molar-refractivity contribution in [3.8, 4) is 0 Å². The van der Waals surface area contributed by atoms with Crippen LogP contribution in [0.2, 0.25) is 0 Å². The Morgan fingerprint density at radius 2 is 1.96 bits per heavy atom. The number of sulfonamides is 1. The lowest BCUT2D eigenvalue weighted by Crippen LogP contribution is -2.36. The number of primary sulfonamides is 1. The first-order valence-electron chi connectivity index (χ1n) is 8.90. The highest BCUT2D eigenvalue weighted by atomic mass is 32.2. The number of nitrogens with one attached hydrogen (secondary N) is 3. The molecule has 1 aromatic rings. The zero-order valence-electron chi connectivity index (χ0n) is 14.8. The number of hydrogen-bond donors (Lipinski definition) is 4. The van der Waals surface area contributed by atoms with E-state index in [2.05, 4.69) is 16.0 Å². The van der Waals surface area contributed by atoms with Crippen LogP contribution in [0.1, 0.15) is 31.2 Å². The van der Waals surface area contributed by atoms with Gasteiger partial charge in [0.05, 0.1) is 17.0 Å². The SMILES string of the molecule is NS(=O)(=O)c1ccc(CNC(=O)CCCC[C@@H]2SC[C@@H]3NC(=O)N[C@@H]32)cc1. The first-order valence-corrected chi connectivity index (χ1v) is 11.5. The van der Waals surface area contributed by atoms with Crippen molar-refractivity contribution in [1.29, 1.82) is 0 Å². The van der Waals surface area contributed by atoms with Crippen molar-refractivity contribution >= 4 is 33.7 Å². The second-order valence-electron chi connectivity index (χ2n) is 6.83. The van der Waals surface area contributed by atoms with Crippen LogP contribution in [0, 0.1) is 0 Å². The van der Waals surface area contributed by atoms with E-state index in [1.165, 1.54) is 12.1 Å². The minimum Gasteiger partial charge on any atom is -0.352 e. The fourth-order valence-electron chi connectivity index (χ4n) is 3.36. The van der Waals surface area contributed by atoms with Crippen molar-refractivity contribution < 1.29 is 18.0 Å². The second-order valence-corrected chi connectivity index (χ2v) is 9.67. The molecule has 1 aromatic carbocycles. The normalized spacial score (nSPS) is 24.2. The van der Waals surface area contributed by atoms with Gasteiger partial charge in [-0.2, -0.15) is 11.8 Å². The molecular formula is C17H24N4O4S2. The highest BCUT2D eigenvalue weighted by Crippen LogP contribution is 2.33. The number of amides is 3. The van der Waals surface area contributed by atoms with Gasteiger partial charge < -0.3 is 16.0 Å². The molecule has 3 rings (SSSR count). The third kappa shape index (κ3) is 5.36. The Balaban J connectivity index is 1.33. The molecule has 0 unspecified atom stereocenters. The molecule has 0 saturated carbocycles. The number of nitrogens with two attached hydrogens (primary N) is 1. The van der Waals surface area contributed by atoms with E-state index in [0.29, 0.717) is 18.2 Å². The van der Waals surface area contributed by atoms with Gasteiger partial charge in [-0.15, -0.1) is 0 Å². The van der Waals surface area contributed by atoms with Gasteiger partial charge in [0, 0.05) is 24.0 Å². The average molecular weight is 413 g/mol. The summed E-state index contributed by atoms with van der Waals surface area (Å²) in [4.78, 5) is 23.4. The van der Waals surface area contributed by atoms with E-state index in [1.807, 2.05) is 11.8 Å². The van der Waals surface area contributed by atoms with Crippen LogP contribution >= 0.6 is 11.8 Å². The molecule has 2 aliphatic rings. The number of urea groups is 1. The fourth-order valence-corrected chi connectivity index (χ4v) is 5.42. The third-order valence-corrected chi connectivity index (χ3v) is 7.26. The van der Waals surface area contributed by atoms with Gasteiger partial charge in [0.1, 0.15) is 0 Å². The molecule has 148 valence electrons. The van der Waals surface area contributed by atoms with Gasteiger partial charge >= 0.3 is 6.03 Å². The Kier molecular flexibility index (Phi) is 6.28. The van der Waals surface area contributed by atoms with Crippen molar-refractivity contribution in [2.24, 2.45) is 5.14 Å². The Morgan fingerprint density at radius 3 is 2.67 bits per heavy atom. The number of carbonyl (C=O) groups is 2. The number of rotatable bonds is 8. The van der Waals surface area contributed by atoms with Gasteiger partial charge in [0.25, 0.3) is 0 Å². The summed E-state index contributed by atoms with van der Waals surface area (Å²) in [5.74, 6) is 0.914. The largest absolute Gasteiger partial charge is 0.352 e. The molecule has 3 amide bonds. The zero-order chi connectivity index (χ0) is 19.4. The standard InChI is InChI=1S/C17H24N4O4S2/c18-27(24,25)12-7-5-11(6-8-12)9-19-15(22)4-2-1-3-14-16-13(10-26-14)20-17(23)21-16/h5-8,13-14,16H,1-4,9-10H2,(H,19,22)(H2,18,24,25)(H2,20,21,23)/t13-,14-,16-/m0/s1. The number of fused-ring (bicyclic) bond motifs is 1. The Labute approximate surface area is 163 Å². The maximum absolute atomic E-state index is 12.0. The van der Waals surface area contributed by atoms with Crippen LogP contribution in [-0.2, 0) is 21.4 Å². The minimum atomic E-state index is -3.70. The molecular weight excluding hydrogens is 388 g/mol. The summed E-state index contributed by atoms with van der Waals surface area (Å²) < 4.78 is 22.4. The van der Waals surface area contributed by atoms with Crippen LogP contribution < -0.4 is 21.1 Å². The Bertz CT molecular complexity index is 798. The Morgan fingerprint density at radius 1 is 1.22 bits per heavy atom. The first-order chi connectivity index (χ1) is 12.8. The zero-order valence-corrected chi connectivity index (χ0v) is 16.4. The van der Waals surface area contributed by atoms with Crippen molar-refractivity contribution in [2.45, 2.75) is 54.5 Å². The van der Waals surface area contributed by atoms with E-state index in [4.69, 9.17) is 5.14 Å². The molecule has 0 bridgehead atoms. The molecule has 0 aromatic heterocycles. The van der Waals surface area contributed by atoms with Gasteiger partial charge in [-0.25, -0.2) is 18.4 Å². The first kappa shape index (κ1) is 20.0. The molecule has 5 N–H and O–H groups in total. The molecule has 2 heterocycles. The molecule has 27 heavy (non-hydrogen) atoms. The third-order valence-electron chi connectivity index (χ3n) is 4.82. The highest BCUT2D eigenvalue weighted by Gasteiger charge is 2.42. The molecule has 2 fully saturated rings. The molecule has 0 spiro atoms. The van der Waals surface area contributed by atoms with E-state index < -0.39 is 10.0 Å². The number of thioether (sulfide) groups is 1. The summed E-state index contributed by atoms with van der Waals surface area (Å²) >= 11 is 1.88. The maximum atomic E-state index is 12.0. The predicted octanol–water partition coefficient (Wildman–Crippen LogP) is 0.676. The topological polar surface area (TPSA) is 130 Å². The van der Waals surface area contributed by atoms with E-state index in [-0.39, 0.29) is 28.9 Å². The monoisotopic (exact) mass is 412 g/mol. The lowest BCUT2D eigenvalue weighted by Gasteiger charge is -2.16. The number of hydrogen-bond acceptors (Lipinski definition) is 5. The van der Waals surface area contributed by atoms with Gasteiger partial charge in [-0.1, -0.05) is 18.6 Å². The molecule has 0 aliphatic carbocycles. The summed E-state index contributed by atoms with van der Waals surface area (Å²) in [6.07, 6.45) is 3.17.